The monoisotopic (exact) mass is 466 g/mol. The molecule has 1 aliphatic heterocycles. The molecule has 2 aromatic carbocycles. The van der Waals surface area contributed by atoms with E-state index in [1.54, 1.807) is 40.6 Å². The number of benzene rings is 2. The average molecular weight is 467 g/mol. The number of carbonyl (C=O) groups is 1. The molecule has 0 radical (unpaired) electrons. The lowest BCUT2D eigenvalue weighted by Gasteiger charge is -2.25. The average Bonchev–Trinajstić information content (AvgIpc) is 3.24. The number of hydrogen-bond acceptors (Lipinski definition) is 5. The Hall–Kier alpha value is -2.19. The summed E-state index contributed by atoms with van der Waals surface area (Å²) in [5.74, 6) is -0.257. The number of thiazole rings is 1. The van der Waals surface area contributed by atoms with Gasteiger partial charge in [0.25, 0.3) is 5.91 Å². The quantitative estimate of drug-likeness (QED) is 0.511. The Morgan fingerprint density at radius 1 is 1.17 bits per heavy atom. The first-order valence-electron chi connectivity index (χ1n) is 9.20. The molecule has 156 valence electrons. The van der Waals surface area contributed by atoms with E-state index in [2.05, 4.69) is 4.98 Å². The molecule has 0 spiro atoms. The van der Waals surface area contributed by atoms with E-state index in [9.17, 15) is 9.18 Å². The highest BCUT2D eigenvalue weighted by Crippen LogP contribution is 2.30. The van der Waals surface area contributed by atoms with E-state index in [1.165, 1.54) is 17.4 Å². The third-order valence-corrected chi connectivity index (χ3v) is 6.20. The van der Waals surface area contributed by atoms with Crippen molar-refractivity contribution in [2.75, 3.05) is 26.3 Å². The van der Waals surface area contributed by atoms with E-state index in [-0.39, 0.29) is 12.5 Å². The Balaban J connectivity index is 1.44. The first-order chi connectivity index (χ1) is 14.5. The van der Waals surface area contributed by atoms with Crippen LogP contribution < -0.4 is 4.74 Å². The summed E-state index contributed by atoms with van der Waals surface area (Å²) < 4.78 is 25.6. The summed E-state index contributed by atoms with van der Waals surface area (Å²) in [5, 5.41) is 3.00. The fourth-order valence-corrected chi connectivity index (χ4v) is 4.12. The van der Waals surface area contributed by atoms with Gasteiger partial charge in [-0.1, -0.05) is 29.3 Å². The highest BCUT2D eigenvalue weighted by atomic mass is 35.5. The molecule has 1 aliphatic rings. The summed E-state index contributed by atoms with van der Waals surface area (Å²) in [5.41, 5.74) is 1.46. The molecule has 30 heavy (non-hydrogen) atoms. The summed E-state index contributed by atoms with van der Waals surface area (Å²) >= 11 is 13.1. The van der Waals surface area contributed by atoms with Crippen LogP contribution in [-0.4, -0.2) is 42.1 Å². The molecule has 5 nitrogen and oxygen atoms in total. The second-order valence-corrected chi connectivity index (χ2v) is 8.29. The summed E-state index contributed by atoms with van der Waals surface area (Å²) in [6, 6.07) is 9.75. The van der Waals surface area contributed by atoms with Crippen molar-refractivity contribution in [3.05, 3.63) is 68.9 Å². The smallest absolute Gasteiger partial charge is 0.273 e. The number of nitrogens with zero attached hydrogens (tertiary/aromatic N) is 2. The van der Waals surface area contributed by atoms with Crippen LogP contribution in [0.5, 0.6) is 5.75 Å². The number of carbonyl (C=O) groups excluding carboxylic acids is 1. The number of morpholine rings is 1. The molecule has 0 atom stereocenters. The molecule has 9 heteroatoms. The number of ether oxygens (including phenoxy) is 2. The van der Waals surface area contributed by atoms with Crippen molar-refractivity contribution in [1.82, 2.24) is 9.88 Å². The minimum atomic E-state index is -0.471. The van der Waals surface area contributed by atoms with Gasteiger partial charge < -0.3 is 14.4 Å². The van der Waals surface area contributed by atoms with Gasteiger partial charge >= 0.3 is 0 Å². The van der Waals surface area contributed by atoms with E-state index >= 15 is 0 Å². The molecule has 0 unspecified atom stereocenters. The van der Waals surface area contributed by atoms with Gasteiger partial charge in [-0.3, -0.25) is 4.79 Å². The van der Waals surface area contributed by atoms with Gasteiger partial charge in [0.05, 0.1) is 23.3 Å². The van der Waals surface area contributed by atoms with Gasteiger partial charge in [0, 0.05) is 30.1 Å². The van der Waals surface area contributed by atoms with Crippen molar-refractivity contribution in [2.24, 2.45) is 0 Å². The number of amides is 1. The molecule has 0 saturated carbocycles. The highest BCUT2D eigenvalue weighted by Gasteiger charge is 2.22. The van der Waals surface area contributed by atoms with Crippen LogP contribution in [0, 0.1) is 5.82 Å². The molecule has 2 heterocycles. The van der Waals surface area contributed by atoms with Gasteiger partial charge in [-0.05, 0) is 29.8 Å². The maximum atomic E-state index is 14.7. The Morgan fingerprint density at radius 2 is 1.97 bits per heavy atom. The van der Waals surface area contributed by atoms with Gasteiger partial charge in [0.2, 0.25) is 0 Å². The fourth-order valence-electron chi connectivity index (χ4n) is 2.98. The van der Waals surface area contributed by atoms with Crippen LogP contribution in [0.4, 0.5) is 4.39 Å². The third kappa shape index (κ3) is 4.75. The summed E-state index contributed by atoms with van der Waals surface area (Å²) in [4.78, 5) is 18.6. The fraction of sp³-hybridized carbons (Fsp3) is 0.238. The number of aromatic nitrogens is 1. The zero-order chi connectivity index (χ0) is 21.1. The van der Waals surface area contributed by atoms with Crippen LogP contribution in [0.1, 0.15) is 16.1 Å². The van der Waals surface area contributed by atoms with E-state index in [1.807, 2.05) is 0 Å². The molecule has 1 fully saturated rings. The van der Waals surface area contributed by atoms with E-state index in [4.69, 9.17) is 32.7 Å². The van der Waals surface area contributed by atoms with E-state index < -0.39 is 5.82 Å². The predicted molar refractivity (Wildman–Crippen MR) is 115 cm³/mol. The van der Waals surface area contributed by atoms with Gasteiger partial charge in [-0.15, -0.1) is 11.3 Å². The van der Waals surface area contributed by atoms with E-state index in [0.717, 1.165) is 5.56 Å². The largest absolute Gasteiger partial charge is 0.489 e. The van der Waals surface area contributed by atoms with Gasteiger partial charge in [0.1, 0.15) is 28.9 Å². The molecule has 4 rings (SSSR count). The zero-order valence-corrected chi connectivity index (χ0v) is 18.1. The summed E-state index contributed by atoms with van der Waals surface area (Å²) in [6.07, 6.45) is 0. The number of rotatable bonds is 5. The summed E-state index contributed by atoms with van der Waals surface area (Å²) in [6.45, 7) is 2.32. The van der Waals surface area contributed by atoms with Crippen LogP contribution in [-0.2, 0) is 11.3 Å². The van der Waals surface area contributed by atoms with Gasteiger partial charge in [-0.2, -0.15) is 0 Å². The SMILES string of the molecule is O=C(c1csc(-c2ccc(OCc3ccc(Cl)c(Cl)c3)cc2F)n1)N1CCOCC1. The van der Waals surface area contributed by atoms with Crippen molar-refractivity contribution < 1.29 is 18.7 Å². The number of halogens is 3. The van der Waals surface area contributed by atoms with Gasteiger partial charge in [0.15, 0.2) is 0 Å². The van der Waals surface area contributed by atoms with Crippen LogP contribution >= 0.6 is 34.5 Å². The van der Waals surface area contributed by atoms with Crippen molar-refractivity contribution >= 4 is 40.4 Å². The third-order valence-electron chi connectivity index (χ3n) is 4.58. The van der Waals surface area contributed by atoms with Crippen molar-refractivity contribution in [2.45, 2.75) is 6.61 Å². The maximum absolute atomic E-state index is 14.7. The van der Waals surface area contributed by atoms with Gasteiger partial charge in [-0.25, -0.2) is 9.37 Å². The standard InChI is InChI=1S/C21H17Cl2FN2O3S/c22-16-4-1-13(9-17(16)23)11-29-14-2-3-15(18(24)10-14)20-25-19(12-30-20)21(27)26-5-7-28-8-6-26/h1-4,9-10,12H,5-8,11H2. The Kier molecular flexibility index (Phi) is 6.53. The Labute approximate surface area is 187 Å². The second-order valence-electron chi connectivity index (χ2n) is 6.62. The predicted octanol–water partition coefficient (Wildman–Crippen LogP) is 5.31. The minimum absolute atomic E-state index is 0.164. The highest BCUT2D eigenvalue weighted by molar-refractivity contribution is 7.13. The first-order valence-corrected chi connectivity index (χ1v) is 10.8. The van der Waals surface area contributed by atoms with Crippen LogP contribution in [0.15, 0.2) is 41.8 Å². The molecule has 0 N–H and O–H groups in total. The normalized spacial score (nSPS) is 14.0. The molecule has 1 aromatic heterocycles. The zero-order valence-electron chi connectivity index (χ0n) is 15.7. The number of hydrogen-bond donors (Lipinski definition) is 0. The topological polar surface area (TPSA) is 51.7 Å². The van der Waals surface area contributed by atoms with Crippen molar-refractivity contribution in [3.8, 4) is 16.3 Å². The van der Waals surface area contributed by atoms with Crippen LogP contribution in [0.2, 0.25) is 10.0 Å². The minimum Gasteiger partial charge on any atom is -0.489 e. The molecular formula is C21H17Cl2FN2O3S. The second kappa shape index (κ2) is 9.31. The molecule has 0 aliphatic carbocycles. The lowest BCUT2D eigenvalue weighted by molar-refractivity contribution is 0.0299. The first kappa shape index (κ1) is 21.1. The molecular weight excluding hydrogens is 450 g/mol. The van der Waals surface area contributed by atoms with Crippen molar-refractivity contribution in [1.29, 1.82) is 0 Å². The Bertz CT molecular complexity index is 1070. The van der Waals surface area contributed by atoms with Crippen molar-refractivity contribution in [3.63, 3.8) is 0 Å². The van der Waals surface area contributed by atoms with Crippen LogP contribution in [0.25, 0.3) is 10.6 Å². The molecule has 0 bridgehead atoms. The van der Waals surface area contributed by atoms with E-state index in [0.29, 0.717) is 58.4 Å². The van der Waals surface area contributed by atoms with Crippen LogP contribution in [0.3, 0.4) is 0 Å². The molecule has 1 saturated heterocycles. The molecule has 3 aromatic rings. The summed E-state index contributed by atoms with van der Waals surface area (Å²) in [7, 11) is 0. The Morgan fingerprint density at radius 3 is 2.70 bits per heavy atom. The molecule has 1 amide bonds. The lowest BCUT2D eigenvalue weighted by atomic mass is 10.2. The lowest BCUT2D eigenvalue weighted by Crippen LogP contribution is -2.40. The maximum Gasteiger partial charge on any atom is 0.273 e.